The standard InChI is InChI=1S/C18H30N2/c1-15(2)10-11-16(3)19-12-14-20-13-6-8-17-7-4-5-9-18(17)20/h4-5,7,9,15-16,19H,6,8,10-14H2,1-3H3. The van der Waals surface area contributed by atoms with E-state index in [2.05, 4.69) is 55.3 Å². The number of hydrogen-bond acceptors (Lipinski definition) is 2. The minimum Gasteiger partial charge on any atom is -0.370 e. The molecule has 0 spiro atoms. The Morgan fingerprint density at radius 1 is 1.15 bits per heavy atom. The van der Waals surface area contributed by atoms with Gasteiger partial charge in [0, 0.05) is 31.4 Å². The number of rotatable bonds is 7. The van der Waals surface area contributed by atoms with Crippen molar-refractivity contribution in [3.8, 4) is 0 Å². The number of anilines is 1. The molecule has 1 N–H and O–H groups in total. The first-order valence-corrected chi connectivity index (χ1v) is 8.23. The Balaban J connectivity index is 1.75. The van der Waals surface area contributed by atoms with Crippen LogP contribution in [0.25, 0.3) is 0 Å². The zero-order valence-corrected chi connectivity index (χ0v) is 13.4. The van der Waals surface area contributed by atoms with E-state index < -0.39 is 0 Å². The van der Waals surface area contributed by atoms with Crippen LogP contribution in [0.3, 0.4) is 0 Å². The molecule has 0 fully saturated rings. The first-order chi connectivity index (χ1) is 9.66. The molecule has 1 aliphatic heterocycles. The second kappa shape index (κ2) is 7.68. The summed E-state index contributed by atoms with van der Waals surface area (Å²) in [7, 11) is 0. The number of fused-ring (bicyclic) bond motifs is 1. The van der Waals surface area contributed by atoms with E-state index >= 15 is 0 Å². The average molecular weight is 274 g/mol. The fourth-order valence-electron chi connectivity index (χ4n) is 2.98. The minimum absolute atomic E-state index is 0.637. The van der Waals surface area contributed by atoms with Crippen molar-refractivity contribution in [2.45, 2.75) is 52.5 Å². The highest BCUT2D eigenvalue weighted by Crippen LogP contribution is 2.25. The van der Waals surface area contributed by atoms with Crippen molar-refractivity contribution in [1.29, 1.82) is 0 Å². The molecule has 1 heterocycles. The summed E-state index contributed by atoms with van der Waals surface area (Å²) in [5.41, 5.74) is 2.97. The first-order valence-electron chi connectivity index (χ1n) is 8.23. The van der Waals surface area contributed by atoms with Gasteiger partial charge in [-0.2, -0.15) is 0 Å². The molecule has 0 radical (unpaired) electrons. The Kier molecular flexibility index (Phi) is 5.90. The maximum Gasteiger partial charge on any atom is 0.0399 e. The van der Waals surface area contributed by atoms with Gasteiger partial charge < -0.3 is 10.2 Å². The van der Waals surface area contributed by atoms with Gasteiger partial charge in [-0.1, -0.05) is 32.0 Å². The largest absolute Gasteiger partial charge is 0.370 e. The molecule has 1 aromatic carbocycles. The molecule has 20 heavy (non-hydrogen) atoms. The third kappa shape index (κ3) is 4.52. The summed E-state index contributed by atoms with van der Waals surface area (Å²) in [4.78, 5) is 2.54. The van der Waals surface area contributed by atoms with Gasteiger partial charge in [0.15, 0.2) is 0 Å². The van der Waals surface area contributed by atoms with Crippen LogP contribution in [0.2, 0.25) is 0 Å². The van der Waals surface area contributed by atoms with E-state index in [1.165, 1.54) is 43.5 Å². The van der Waals surface area contributed by atoms with Crippen molar-refractivity contribution in [1.82, 2.24) is 5.32 Å². The zero-order valence-electron chi connectivity index (χ0n) is 13.4. The maximum absolute atomic E-state index is 3.67. The molecule has 0 saturated carbocycles. The van der Waals surface area contributed by atoms with E-state index in [-0.39, 0.29) is 0 Å². The highest BCUT2D eigenvalue weighted by atomic mass is 15.2. The van der Waals surface area contributed by atoms with Crippen molar-refractivity contribution in [3.05, 3.63) is 29.8 Å². The predicted molar refractivity (Wildman–Crippen MR) is 88.5 cm³/mol. The smallest absolute Gasteiger partial charge is 0.0399 e. The average Bonchev–Trinajstić information content (AvgIpc) is 2.45. The molecule has 1 aromatic rings. The Hall–Kier alpha value is -1.02. The third-order valence-corrected chi connectivity index (χ3v) is 4.26. The van der Waals surface area contributed by atoms with Gasteiger partial charge >= 0.3 is 0 Å². The van der Waals surface area contributed by atoms with Crippen molar-refractivity contribution in [2.24, 2.45) is 5.92 Å². The fourth-order valence-corrected chi connectivity index (χ4v) is 2.98. The fraction of sp³-hybridized carbons (Fsp3) is 0.667. The lowest BCUT2D eigenvalue weighted by Crippen LogP contribution is -2.38. The van der Waals surface area contributed by atoms with Gasteiger partial charge in [0.25, 0.3) is 0 Å². The molecular formula is C18H30N2. The van der Waals surface area contributed by atoms with Crippen LogP contribution in [0.4, 0.5) is 5.69 Å². The lowest BCUT2D eigenvalue weighted by molar-refractivity contribution is 0.452. The van der Waals surface area contributed by atoms with Crippen LogP contribution in [-0.4, -0.2) is 25.7 Å². The zero-order chi connectivity index (χ0) is 14.4. The summed E-state index contributed by atoms with van der Waals surface area (Å²) in [6.45, 7) is 10.3. The van der Waals surface area contributed by atoms with Gasteiger partial charge in [0.2, 0.25) is 0 Å². The van der Waals surface area contributed by atoms with Crippen molar-refractivity contribution >= 4 is 5.69 Å². The monoisotopic (exact) mass is 274 g/mol. The van der Waals surface area contributed by atoms with Crippen LogP contribution in [0.1, 0.15) is 45.6 Å². The number of nitrogens with one attached hydrogen (secondary N) is 1. The Labute approximate surface area is 124 Å². The molecule has 2 nitrogen and oxygen atoms in total. The van der Waals surface area contributed by atoms with Crippen LogP contribution in [-0.2, 0) is 6.42 Å². The van der Waals surface area contributed by atoms with Crippen LogP contribution in [0, 0.1) is 5.92 Å². The highest BCUT2D eigenvalue weighted by Gasteiger charge is 2.15. The van der Waals surface area contributed by atoms with Gasteiger partial charge in [-0.3, -0.25) is 0 Å². The Bertz CT molecular complexity index is 400. The van der Waals surface area contributed by atoms with Crippen molar-refractivity contribution < 1.29 is 0 Å². The van der Waals surface area contributed by atoms with E-state index in [0.717, 1.165) is 19.0 Å². The lowest BCUT2D eigenvalue weighted by atomic mass is 10.0. The Morgan fingerprint density at radius 3 is 2.75 bits per heavy atom. The lowest BCUT2D eigenvalue weighted by Gasteiger charge is -2.31. The topological polar surface area (TPSA) is 15.3 Å². The van der Waals surface area contributed by atoms with E-state index in [1.807, 2.05) is 0 Å². The molecule has 2 heteroatoms. The van der Waals surface area contributed by atoms with Crippen LogP contribution in [0.15, 0.2) is 24.3 Å². The number of benzene rings is 1. The van der Waals surface area contributed by atoms with Gasteiger partial charge in [-0.15, -0.1) is 0 Å². The summed E-state index contributed by atoms with van der Waals surface area (Å²) >= 11 is 0. The summed E-state index contributed by atoms with van der Waals surface area (Å²) in [6, 6.07) is 9.51. The summed E-state index contributed by atoms with van der Waals surface area (Å²) in [5.74, 6) is 0.813. The first kappa shape index (κ1) is 15.4. The molecule has 112 valence electrons. The predicted octanol–water partition coefficient (Wildman–Crippen LogP) is 3.85. The van der Waals surface area contributed by atoms with Crippen molar-refractivity contribution in [2.75, 3.05) is 24.5 Å². The molecule has 1 atom stereocenters. The van der Waals surface area contributed by atoms with Gasteiger partial charge in [0.1, 0.15) is 0 Å². The van der Waals surface area contributed by atoms with E-state index in [1.54, 1.807) is 0 Å². The van der Waals surface area contributed by atoms with E-state index in [4.69, 9.17) is 0 Å². The second-order valence-corrected chi connectivity index (χ2v) is 6.55. The number of hydrogen-bond donors (Lipinski definition) is 1. The number of para-hydroxylation sites is 1. The van der Waals surface area contributed by atoms with E-state index in [0.29, 0.717) is 6.04 Å². The molecule has 1 unspecified atom stereocenters. The molecule has 0 amide bonds. The minimum atomic E-state index is 0.637. The van der Waals surface area contributed by atoms with Gasteiger partial charge in [0.05, 0.1) is 0 Å². The summed E-state index contributed by atoms with van der Waals surface area (Å²) in [6.07, 6.45) is 5.14. The molecule has 2 rings (SSSR count). The van der Waals surface area contributed by atoms with Crippen LogP contribution >= 0.6 is 0 Å². The summed E-state index contributed by atoms with van der Waals surface area (Å²) in [5, 5.41) is 3.67. The maximum atomic E-state index is 3.67. The van der Waals surface area contributed by atoms with E-state index in [9.17, 15) is 0 Å². The van der Waals surface area contributed by atoms with Gasteiger partial charge in [-0.25, -0.2) is 0 Å². The summed E-state index contributed by atoms with van der Waals surface area (Å²) < 4.78 is 0. The van der Waals surface area contributed by atoms with Crippen LogP contribution < -0.4 is 10.2 Å². The molecule has 0 aliphatic carbocycles. The number of nitrogens with zero attached hydrogens (tertiary/aromatic N) is 1. The quantitative estimate of drug-likeness (QED) is 0.812. The van der Waals surface area contributed by atoms with Crippen LogP contribution in [0.5, 0.6) is 0 Å². The second-order valence-electron chi connectivity index (χ2n) is 6.55. The third-order valence-electron chi connectivity index (χ3n) is 4.26. The normalized spacial score (nSPS) is 16.3. The Morgan fingerprint density at radius 2 is 1.95 bits per heavy atom. The molecule has 1 aliphatic rings. The molecule has 0 bridgehead atoms. The molecular weight excluding hydrogens is 244 g/mol. The number of aryl methyl sites for hydroxylation is 1. The van der Waals surface area contributed by atoms with Gasteiger partial charge in [-0.05, 0) is 50.2 Å². The molecule has 0 saturated heterocycles. The molecule has 0 aromatic heterocycles. The van der Waals surface area contributed by atoms with Crippen molar-refractivity contribution in [3.63, 3.8) is 0 Å². The SMILES string of the molecule is CC(C)CCC(C)NCCN1CCCc2ccccc21. The highest BCUT2D eigenvalue weighted by molar-refractivity contribution is 5.55.